The highest BCUT2D eigenvalue weighted by Gasteiger charge is 2.39. The van der Waals surface area contributed by atoms with Crippen molar-refractivity contribution in [2.75, 3.05) is 6.54 Å². The highest BCUT2D eigenvalue weighted by atomic mass is 35.5. The molecule has 11 heteroatoms. The molecule has 0 bridgehead atoms. The molecule has 0 aliphatic carbocycles. The molecule has 1 atom stereocenters. The maximum Gasteiger partial charge on any atom is 0.322 e. The highest BCUT2D eigenvalue weighted by Crippen LogP contribution is 2.38. The Morgan fingerprint density at radius 1 is 1.52 bits per heavy atom. The first-order valence-electron chi connectivity index (χ1n) is 5.93. The van der Waals surface area contributed by atoms with Crippen LogP contribution in [0.15, 0.2) is 10.3 Å². The van der Waals surface area contributed by atoms with Crippen molar-refractivity contribution in [1.82, 2.24) is 4.31 Å². The van der Waals surface area contributed by atoms with Crippen LogP contribution in [0.3, 0.4) is 0 Å². The number of piperidine rings is 1. The van der Waals surface area contributed by atoms with Crippen molar-refractivity contribution in [2.45, 2.75) is 29.5 Å². The lowest BCUT2D eigenvalue weighted by Crippen LogP contribution is -2.47. The van der Waals surface area contributed by atoms with Gasteiger partial charge in [-0.3, -0.25) is 14.9 Å². The molecule has 0 unspecified atom stereocenters. The Labute approximate surface area is 129 Å². The summed E-state index contributed by atoms with van der Waals surface area (Å²) in [5.41, 5.74) is -0.496. The number of halogens is 1. The number of carbonyl (C=O) groups is 1. The molecule has 2 rings (SSSR count). The number of carboxylic acids is 1. The summed E-state index contributed by atoms with van der Waals surface area (Å²) >= 11 is 6.22. The number of aliphatic carboxylic acids is 1. The number of hydrogen-bond acceptors (Lipinski definition) is 6. The standard InChI is InChI=1S/C10H11ClN2O6S2/c11-9-7(13(16)17)5-8(20-9)21(18,19)12-4-2-1-3-6(12)10(14)15/h5-6H,1-4H2,(H,14,15)/t6-/m0/s1. The minimum atomic E-state index is -4.11. The Hall–Kier alpha value is -1.23. The molecule has 21 heavy (non-hydrogen) atoms. The first kappa shape index (κ1) is 16.1. The van der Waals surface area contributed by atoms with Crippen molar-refractivity contribution in [3.8, 4) is 0 Å². The summed E-state index contributed by atoms with van der Waals surface area (Å²) in [5, 5.41) is 19.9. The number of sulfonamides is 1. The summed E-state index contributed by atoms with van der Waals surface area (Å²) in [7, 11) is -4.11. The fourth-order valence-electron chi connectivity index (χ4n) is 2.15. The monoisotopic (exact) mass is 354 g/mol. The van der Waals surface area contributed by atoms with Crippen LogP contribution >= 0.6 is 22.9 Å². The quantitative estimate of drug-likeness (QED) is 0.652. The van der Waals surface area contributed by atoms with Crippen LogP contribution in [0, 0.1) is 10.1 Å². The van der Waals surface area contributed by atoms with E-state index < -0.39 is 32.6 Å². The van der Waals surface area contributed by atoms with Gasteiger partial charge in [0.1, 0.15) is 10.3 Å². The van der Waals surface area contributed by atoms with Gasteiger partial charge in [0.15, 0.2) is 4.34 Å². The molecule has 0 saturated carbocycles. The molecule has 0 aromatic carbocycles. The van der Waals surface area contributed by atoms with Crippen molar-refractivity contribution in [3.63, 3.8) is 0 Å². The fourth-order valence-corrected chi connectivity index (χ4v) is 5.59. The molecule has 1 aromatic rings. The summed E-state index contributed by atoms with van der Waals surface area (Å²) in [4.78, 5) is 21.1. The van der Waals surface area contributed by atoms with Gasteiger partial charge < -0.3 is 5.11 Å². The minimum Gasteiger partial charge on any atom is -0.480 e. The predicted octanol–water partition coefficient (Wildman–Crippen LogP) is 1.94. The van der Waals surface area contributed by atoms with Crippen molar-refractivity contribution >= 4 is 44.6 Å². The summed E-state index contributed by atoms with van der Waals surface area (Å²) in [6.07, 6.45) is 1.38. The second-order valence-corrected chi connectivity index (χ2v) is 8.22. The first-order valence-corrected chi connectivity index (χ1v) is 8.57. The van der Waals surface area contributed by atoms with E-state index in [2.05, 4.69) is 0 Å². The van der Waals surface area contributed by atoms with Gasteiger partial charge in [0.25, 0.3) is 15.7 Å². The summed E-state index contributed by atoms with van der Waals surface area (Å²) in [6.45, 7) is 0.0720. The molecule has 0 spiro atoms. The van der Waals surface area contributed by atoms with Crippen LogP contribution in [0.2, 0.25) is 4.34 Å². The SMILES string of the molecule is O=C(O)[C@@H]1CCCCN1S(=O)(=O)c1cc([N+](=O)[O-])c(Cl)s1. The van der Waals surface area contributed by atoms with E-state index in [0.29, 0.717) is 24.2 Å². The van der Waals surface area contributed by atoms with E-state index in [1.807, 2.05) is 0 Å². The zero-order valence-electron chi connectivity index (χ0n) is 10.6. The third-order valence-electron chi connectivity index (χ3n) is 3.14. The molecule has 116 valence electrons. The number of nitrogens with zero attached hydrogens (tertiary/aromatic N) is 2. The molecule has 2 heterocycles. The highest BCUT2D eigenvalue weighted by molar-refractivity contribution is 7.91. The lowest BCUT2D eigenvalue weighted by atomic mass is 10.1. The van der Waals surface area contributed by atoms with Gasteiger partial charge in [0.05, 0.1) is 4.92 Å². The van der Waals surface area contributed by atoms with Gasteiger partial charge in [-0.25, -0.2) is 8.42 Å². The van der Waals surface area contributed by atoms with Crippen LogP contribution in [0.5, 0.6) is 0 Å². The van der Waals surface area contributed by atoms with E-state index in [1.165, 1.54) is 0 Å². The first-order chi connectivity index (χ1) is 9.75. The van der Waals surface area contributed by atoms with E-state index in [1.54, 1.807) is 0 Å². The molecular weight excluding hydrogens is 344 g/mol. The molecule has 1 aliphatic heterocycles. The number of hydrogen-bond donors (Lipinski definition) is 1. The average molecular weight is 355 g/mol. The van der Waals surface area contributed by atoms with Crippen LogP contribution in [-0.4, -0.2) is 41.3 Å². The van der Waals surface area contributed by atoms with E-state index in [4.69, 9.17) is 16.7 Å². The zero-order chi connectivity index (χ0) is 15.8. The number of thiophene rings is 1. The van der Waals surface area contributed by atoms with E-state index in [0.717, 1.165) is 10.4 Å². The number of rotatable bonds is 4. The van der Waals surface area contributed by atoms with Gasteiger partial charge in [-0.2, -0.15) is 4.31 Å². The maximum atomic E-state index is 12.5. The smallest absolute Gasteiger partial charge is 0.322 e. The maximum absolute atomic E-state index is 12.5. The Morgan fingerprint density at radius 3 is 2.71 bits per heavy atom. The van der Waals surface area contributed by atoms with Gasteiger partial charge in [0, 0.05) is 12.6 Å². The van der Waals surface area contributed by atoms with Crippen molar-refractivity contribution in [3.05, 3.63) is 20.5 Å². The second kappa shape index (κ2) is 5.87. The van der Waals surface area contributed by atoms with Crippen molar-refractivity contribution in [1.29, 1.82) is 0 Å². The third kappa shape index (κ3) is 3.03. The van der Waals surface area contributed by atoms with Crippen molar-refractivity contribution < 1.29 is 23.2 Å². The Kier molecular flexibility index (Phi) is 4.51. The molecule has 1 saturated heterocycles. The second-order valence-electron chi connectivity index (χ2n) is 4.45. The third-order valence-corrected chi connectivity index (χ3v) is 6.84. The average Bonchev–Trinajstić information content (AvgIpc) is 2.81. The molecule has 8 nitrogen and oxygen atoms in total. The Morgan fingerprint density at radius 2 is 2.19 bits per heavy atom. The lowest BCUT2D eigenvalue weighted by Gasteiger charge is -2.31. The summed E-state index contributed by atoms with van der Waals surface area (Å²) in [5.74, 6) is -1.23. The summed E-state index contributed by atoms with van der Waals surface area (Å²) in [6, 6.07) is -0.278. The Balaban J connectivity index is 2.43. The van der Waals surface area contributed by atoms with Crippen molar-refractivity contribution in [2.24, 2.45) is 0 Å². The van der Waals surface area contributed by atoms with Crippen LogP contribution in [0.25, 0.3) is 0 Å². The van der Waals surface area contributed by atoms with Gasteiger partial charge in [-0.15, -0.1) is 11.3 Å². The molecule has 1 N–H and O–H groups in total. The van der Waals surface area contributed by atoms with E-state index in [9.17, 15) is 23.3 Å². The Bertz CT molecular complexity index is 686. The fraction of sp³-hybridized carbons (Fsp3) is 0.500. The van der Waals surface area contributed by atoms with E-state index in [-0.39, 0.29) is 21.5 Å². The minimum absolute atomic E-state index is 0.0720. The molecule has 0 amide bonds. The van der Waals surface area contributed by atoms with Gasteiger partial charge in [-0.05, 0) is 19.3 Å². The topological polar surface area (TPSA) is 118 Å². The van der Waals surface area contributed by atoms with Crippen LogP contribution in [0.1, 0.15) is 19.3 Å². The van der Waals surface area contributed by atoms with Crippen LogP contribution in [0.4, 0.5) is 5.69 Å². The molecule has 0 radical (unpaired) electrons. The zero-order valence-corrected chi connectivity index (χ0v) is 12.9. The van der Waals surface area contributed by atoms with Gasteiger partial charge >= 0.3 is 5.97 Å². The molecule has 1 aliphatic rings. The van der Waals surface area contributed by atoms with Gasteiger partial charge in [-0.1, -0.05) is 11.6 Å². The lowest BCUT2D eigenvalue weighted by molar-refractivity contribution is -0.384. The van der Waals surface area contributed by atoms with Crippen LogP contribution < -0.4 is 0 Å². The largest absolute Gasteiger partial charge is 0.480 e. The molecular formula is C10H11ClN2O6S2. The number of nitro groups is 1. The van der Waals surface area contributed by atoms with Crippen LogP contribution in [-0.2, 0) is 14.8 Å². The normalized spacial score (nSPS) is 20.3. The number of carboxylic acid groups (broad SMARTS) is 1. The van der Waals surface area contributed by atoms with Gasteiger partial charge in [0.2, 0.25) is 0 Å². The molecule has 1 aromatic heterocycles. The molecule has 1 fully saturated rings. The summed E-state index contributed by atoms with van der Waals surface area (Å²) < 4.78 is 25.3. The van der Waals surface area contributed by atoms with E-state index >= 15 is 0 Å². The predicted molar refractivity (Wildman–Crippen MR) is 75.2 cm³/mol.